The normalized spacial score (nSPS) is 31.2. The Kier molecular flexibility index (Phi) is 9.87. The Morgan fingerprint density at radius 3 is 2.45 bits per heavy atom. The van der Waals surface area contributed by atoms with Crippen LogP contribution in [0.5, 0.6) is 11.8 Å². The van der Waals surface area contributed by atoms with E-state index < -0.39 is 80.8 Å². The summed E-state index contributed by atoms with van der Waals surface area (Å²) in [4.78, 5) is 55.5. The van der Waals surface area contributed by atoms with Crippen molar-refractivity contribution in [3.8, 4) is 11.8 Å². The van der Waals surface area contributed by atoms with Crippen LogP contribution in [0.1, 0.15) is 58.8 Å². The second-order valence-corrected chi connectivity index (χ2v) is 16.4. The summed E-state index contributed by atoms with van der Waals surface area (Å²) in [6, 6.07) is 4.67. The Hall–Kier alpha value is -4.54. The summed E-state index contributed by atoms with van der Waals surface area (Å²) in [7, 11) is -2.93. The molecule has 4 N–H and O–H groups in total. The Balaban J connectivity index is 1.34. The molecule has 4 amide bonds. The average molecular weight is 731 g/mol. The first-order valence-electron chi connectivity index (χ1n) is 17.1. The fourth-order valence-electron chi connectivity index (χ4n) is 7.33. The van der Waals surface area contributed by atoms with Gasteiger partial charge >= 0.3 is 6.09 Å². The summed E-state index contributed by atoms with van der Waals surface area (Å²) in [5.41, 5.74) is -1.67. The van der Waals surface area contributed by atoms with E-state index in [4.69, 9.17) is 9.47 Å². The molecule has 3 heterocycles. The number of allylic oxidation sites excluding steroid dienone is 1. The number of nitrogens with one attached hydrogen (secondary N) is 3. The fraction of sp³-hybridized carbons (Fsp3) is 0.588. The summed E-state index contributed by atoms with van der Waals surface area (Å²) in [6.45, 7) is 2.50. The highest BCUT2D eigenvalue weighted by atomic mass is 32.2. The summed E-state index contributed by atoms with van der Waals surface area (Å²) in [6.07, 6.45) is 3.40. The van der Waals surface area contributed by atoms with Crippen LogP contribution in [0.2, 0.25) is 0 Å². The lowest BCUT2D eigenvalue weighted by molar-refractivity contribution is -0.142. The van der Waals surface area contributed by atoms with Crippen LogP contribution in [0.15, 0.2) is 36.4 Å². The van der Waals surface area contributed by atoms with Gasteiger partial charge in [-0.25, -0.2) is 17.6 Å². The number of sulfonamides is 1. The molecular weight excluding hydrogens is 687 g/mol. The summed E-state index contributed by atoms with van der Waals surface area (Å²) >= 11 is 0. The molecule has 15 nitrogen and oxygen atoms in total. The molecule has 2 aliphatic carbocycles. The van der Waals surface area contributed by atoms with Crippen LogP contribution < -0.4 is 24.8 Å². The van der Waals surface area contributed by atoms with Crippen molar-refractivity contribution < 1.29 is 46.6 Å². The van der Waals surface area contributed by atoms with Gasteiger partial charge in [0.15, 0.2) is 0 Å². The number of hydrogen-bond acceptors (Lipinski definition) is 10. The standard InChI is InChI=1S/C34H43FN6O9S/c1-19-8-4-5-9-21-16-34(21,31(44)40-51(47,48)33(18-35)12-13-33)37-27(42)25-15-22(17-41(25)30(43)26(20(2)14-19)36-32(45)46)50-29-24-11-7-6-10-23(24)28(49-3)38-39-29/h5-7,9-11,19-22,25-26,36H,4,8,12-18H2,1-3H3,(H,37,42)(H,40,44)(H,45,46)/b9-5-/t19-,20-,21-,22-,25+,26+,34-/m1/s1. The maximum Gasteiger partial charge on any atom is 0.405 e. The number of fused-ring (bicyclic) bond motifs is 3. The molecule has 2 aromatic rings. The zero-order valence-electron chi connectivity index (χ0n) is 28.6. The number of aromatic nitrogens is 2. The van der Waals surface area contributed by atoms with Crippen LogP contribution >= 0.6 is 0 Å². The van der Waals surface area contributed by atoms with E-state index in [2.05, 4.69) is 20.8 Å². The second kappa shape index (κ2) is 13.9. The highest BCUT2D eigenvalue weighted by Gasteiger charge is 2.64. The summed E-state index contributed by atoms with van der Waals surface area (Å²) < 4.78 is 51.9. The molecule has 1 aromatic heterocycles. The van der Waals surface area contributed by atoms with Gasteiger partial charge in [0.2, 0.25) is 33.6 Å². The van der Waals surface area contributed by atoms with E-state index in [0.29, 0.717) is 30.0 Å². The smallest absolute Gasteiger partial charge is 0.405 e. The van der Waals surface area contributed by atoms with Gasteiger partial charge < -0.3 is 30.1 Å². The number of hydrogen-bond donors (Lipinski definition) is 4. The predicted octanol–water partition coefficient (Wildman–Crippen LogP) is 2.46. The molecule has 6 rings (SSSR count). The van der Waals surface area contributed by atoms with Crippen LogP contribution in [-0.4, -0.2) is 101 Å². The van der Waals surface area contributed by atoms with Gasteiger partial charge in [-0.15, -0.1) is 10.2 Å². The van der Waals surface area contributed by atoms with Gasteiger partial charge in [0.1, 0.15) is 35.1 Å². The number of rotatable bonds is 8. The highest BCUT2D eigenvalue weighted by molar-refractivity contribution is 7.91. The minimum Gasteiger partial charge on any atom is -0.479 e. The zero-order valence-corrected chi connectivity index (χ0v) is 29.4. The lowest BCUT2D eigenvalue weighted by Gasteiger charge is -2.32. The van der Waals surface area contributed by atoms with Crippen molar-refractivity contribution in [3.63, 3.8) is 0 Å². The number of ether oxygens (including phenoxy) is 2. The number of benzene rings is 1. The third-order valence-corrected chi connectivity index (χ3v) is 12.7. The van der Waals surface area contributed by atoms with Crippen LogP contribution in [0.3, 0.4) is 0 Å². The van der Waals surface area contributed by atoms with Crippen molar-refractivity contribution in [1.29, 1.82) is 0 Å². The molecule has 1 saturated heterocycles. The molecular formula is C34H43FN6O9S. The van der Waals surface area contributed by atoms with Crippen LogP contribution in [0, 0.1) is 17.8 Å². The predicted molar refractivity (Wildman–Crippen MR) is 181 cm³/mol. The Morgan fingerprint density at radius 2 is 1.80 bits per heavy atom. The molecule has 4 aliphatic rings. The lowest BCUT2D eigenvalue weighted by atomic mass is 9.88. The quantitative estimate of drug-likeness (QED) is 0.290. The highest BCUT2D eigenvalue weighted by Crippen LogP contribution is 2.48. The molecule has 0 spiro atoms. The van der Waals surface area contributed by atoms with E-state index in [0.717, 1.165) is 0 Å². The third kappa shape index (κ3) is 7.04. The first kappa shape index (κ1) is 36.3. The van der Waals surface area contributed by atoms with Gasteiger partial charge in [-0.1, -0.05) is 38.1 Å². The number of halogens is 1. The largest absolute Gasteiger partial charge is 0.479 e. The van der Waals surface area contributed by atoms with Gasteiger partial charge in [0, 0.05) is 12.3 Å². The number of carboxylic acid groups (broad SMARTS) is 1. The molecule has 51 heavy (non-hydrogen) atoms. The molecule has 17 heteroatoms. The lowest BCUT2D eigenvalue weighted by Crippen LogP contribution is -2.59. The first-order chi connectivity index (χ1) is 24.2. The van der Waals surface area contributed by atoms with Gasteiger partial charge in [-0.05, 0) is 62.5 Å². The van der Waals surface area contributed by atoms with Crippen molar-refractivity contribution in [2.75, 3.05) is 20.3 Å². The number of carbonyl (C=O) groups is 4. The van der Waals surface area contributed by atoms with Crippen molar-refractivity contribution in [3.05, 3.63) is 36.4 Å². The van der Waals surface area contributed by atoms with Gasteiger partial charge in [0.05, 0.1) is 24.4 Å². The third-order valence-electron chi connectivity index (χ3n) is 10.6. The van der Waals surface area contributed by atoms with E-state index in [1.807, 2.05) is 17.7 Å². The molecule has 0 unspecified atom stereocenters. The molecule has 2 aliphatic heterocycles. The maximum atomic E-state index is 14.3. The van der Waals surface area contributed by atoms with Crippen molar-refractivity contribution in [2.24, 2.45) is 17.8 Å². The minimum atomic E-state index is -4.39. The zero-order chi connectivity index (χ0) is 36.7. The van der Waals surface area contributed by atoms with Gasteiger partial charge in [-0.3, -0.25) is 19.1 Å². The van der Waals surface area contributed by atoms with Gasteiger partial charge in [0.25, 0.3) is 5.91 Å². The van der Waals surface area contributed by atoms with Crippen molar-refractivity contribution >= 4 is 44.6 Å². The molecule has 276 valence electrons. The molecule has 2 saturated carbocycles. The average Bonchev–Trinajstić information content (AvgIpc) is 4.00. The minimum absolute atomic E-state index is 0.0638. The van der Waals surface area contributed by atoms with Crippen LogP contribution in [0.4, 0.5) is 9.18 Å². The van der Waals surface area contributed by atoms with Crippen molar-refractivity contribution in [2.45, 2.75) is 87.3 Å². The Labute approximate surface area is 294 Å². The Morgan fingerprint density at radius 1 is 1.12 bits per heavy atom. The monoisotopic (exact) mass is 730 g/mol. The topological polar surface area (TPSA) is 206 Å². The molecule has 3 fully saturated rings. The number of alkyl halides is 1. The van der Waals surface area contributed by atoms with Gasteiger partial charge in [-0.2, -0.15) is 0 Å². The van der Waals surface area contributed by atoms with E-state index in [1.54, 1.807) is 37.3 Å². The number of carbonyl (C=O) groups excluding carboxylic acids is 3. The second-order valence-electron chi connectivity index (χ2n) is 14.3. The van der Waals surface area contributed by atoms with Crippen LogP contribution in [0.25, 0.3) is 10.8 Å². The van der Waals surface area contributed by atoms with Crippen LogP contribution in [-0.2, 0) is 24.4 Å². The molecule has 0 radical (unpaired) electrons. The number of amides is 4. The molecule has 1 aromatic carbocycles. The van der Waals surface area contributed by atoms with E-state index in [1.165, 1.54) is 12.0 Å². The molecule has 7 atom stereocenters. The summed E-state index contributed by atoms with van der Waals surface area (Å²) in [5, 5.41) is 24.3. The first-order valence-corrected chi connectivity index (χ1v) is 18.6. The number of methoxy groups -OCH3 is 1. The Bertz CT molecular complexity index is 1860. The molecule has 0 bridgehead atoms. The fourth-order valence-corrected chi connectivity index (χ4v) is 8.76. The van der Waals surface area contributed by atoms with E-state index in [-0.39, 0.29) is 49.9 Å². The maximum absolute atomic E-state index is 14.3. The van der Waals surface area contributed by atoms with E-state index in [9.17, 15) is 37.1 Å². The number of nitrogens with zero attached hydrogens (tertiary/aromatic N) is 3. The van der Waals surface area contributed by atoms with E-state index >= 15 is 0 Å². The SMILES string of the molecule is COc1nnc(O[C@@H]2C[C@H]3C(=O)N[C@]4(C(=O)NS(=O)(=O)C5(CF)CC5)C[C@H]4/C=C\CC[C@@H](C)C[C@@H](C)[C@H](NC(=O)O)C(=O)N3C2)c2ccccc12. The van der Waals surface area contributed by atoms with Crippen molar-refractivity contribution in [1.82, 2.24) is 30.5 Å². The summed E-state index contributed by atoms with van der Waals surface area (Å²) in [5.74, 6) is -2.89.